The molecule has 1 fully saturated rings. The summed E-state index contributed by atoms with van der Waals surface area (Å²) in [5.41, 5.74) is 8.95. The maximum Gasteiger partial charge on any atom is 0.0713 e. The monoisotopic (exact) mass is 219 g/mol. The Kier molecular flexibility index (Phi) is 2.81. The SMILES string of the molecule is COCc1ccc(C2(C(C)(C)N)CC2)cc1. The van der Waals surface area contributed by atoms with Gasteiger partial charge in [0.1, 0.15) is 0 Å². The van der Waals surface area contributed by atoms with Crippen molar-refractivity contribution in [3.05, 3.63) is 35.4 Å². The van der Waals surface area contributed by atoms with Crippen LogP contribution in [0.15, 0.2) is 24.3 Å². The third-order valence-electron chi connectivity index (χ3n) is 3.80. The van der Waals surface area contributed by atoms with Gasteiger partial charge in [-0.05, 0) is 37.8 Å². The molecular formula is C14H21NO. The predicted molar refractivity (Wildman–Crippen MR) is 66.3 cm³/mol. The van der Waals surface area contributed by atoms with Gasteiger partial charge in [0.2, 0.25) is 0 Å². The molecule has 2 N–H and O–H groups in total. The van der Waals surface area contributed by atoms with Crippen LogP contribution < -0.4 is 5.73 Å². The van der Waals surface area contributed by atoms with Crippen LogP contribution in [0.3, 0.4) is 0 Å². The lowest BCUT2D eigenvalue weighted by Crippen LogP contribution is -2.45. The Balaban J connectivity index is 2.22. The van der Waals surface area contributed by atoms with E-state index in [2.05, 4.69) is 38.1 Å². The molecule has 0 aliphatic heterocycles. The molecule has 1 aliphatic carbocycles. The van der Waals surface area contributed by atoms with E-state index < -0.39 is 0 Å². The fourth-order valence-corrected chi connectivity index (χ4v) is 2.52. The quantitative estimate of drug-likeness (QED) is 0.844. The number of ether oxygens (including phenoxy) is 1. The van der Waals surface area contributed by atoms with Crippen molar-refractivity contribution in [1.82, 2.24) is 0 Å². The average Bonchev–Trinajstić information content (AvgIpc) is 2.99. The second kappa shape index (κ2) is 3.86. The normalized spacial score (nSPS) is 18.5. The van der Waals surface area contributed by atoms with Gasteiger partial charge in [-0.2, -0.15) is 0 Å². The van der Waals surface area contributed by atoms with E-state index in [0.29, 0.717) is 6.61 Å². The summed E-state index contributed by atoms with van der Waals surface area (Å²) in [5, 5.41) is 0. The first-order chi connectivity index (χ1) is 7.49. The standard InChI is InChI=1S/C14H21NO/c1-13(2,15)14(8-9-14)12-6-4-11(5-7-12)10-16-3/h4-7H,8-10,15H2,1-3H3. The minimum absolute atomic E-state index is 0.129. The van der Waals surface area contributed by atoms with Crippen molar-refractivity contribution in [1.29, 1.82) is 0 Å². The fourth-order valence-electron chi connectivity index (χ4n) is 2.52. The lowest BCUT2D eigenvalue weighted by atomic mass is 9.79. The summed E-state index contributed by atoms with van der Waals surface area (Å²) in [6, 6.07) is 8.70. The van der Waals surface area contributed by atoms with Gasteiger partial charge in [0.25, 0.3) is 0 Å². The van der Waals surface area contributed by atoms with Gasteiger partial charge in [-0.15, -0.1) is 0 Å². The van der Waals surface area contributed by atoms with Gasteiger partial charge in [-0.25, -0.2) is 0 Å². The molecule has 2 nitrogen and oxygen atoms in total. The summed E-state index contributed by atoms with van der Waals surface area (Å²) >= 11 is 0. The van der Waals surface area contributed by atoms with Crippen LogP contribution in [0, 0.1) is 0 Å². The number of methoxy groups -OCH3 is 1. The smallest absolute Gasteiger partial charge is 0.0713 e. The molecule has 0 heterocycles. The van der Waals surface area contributed by atoms with Gasteiger partial charge >= 0.3 is 0 Å². The lowest BCUT2D eigenvalue weighted by molar-refractivity contribution is 0.185. The topological polar surface area (TPSA) is 35.2 Å². The Hall–Kier alpha value is -0.860. The molecule has 0 aromatic heterocycles. The molecule has 1 aromatic carbocycles. The lowest BCUT2D eigenvalue weighted by Gasteiger charge is -2.31. The van der Waals surface area contributed by atoms with Crippen molar-refractivity contribution >= 4 is 0 Å². The van der Waals surface area contributed by atoms with Crippen molar-refractivity contribution in [2.24, 2.45) is 5.73 Å². The molecule has 88 valence electrons. The minimum Gasteiger partial charge on any atom is -0.380 e. The Morgan fingerprint density at radius 3 is 2.19 bits per heavy atom. The van der Waals surface area contributed by atoms with Crippen LogP contribution >= 0.6 is 0 Å². The van der Waals surface area contributed by atoms with Crippen molar-refractivity contribution in [3.8, 4) is 0 Å². The fraction of sp³-hybridized carbons (Fsp3) is 0.571. The molecular weight excluding hydrogens is 198 g/mol. The Labute approximate surface area is 97.8 Å². The molecule has 16 heavy (non-hydrogen) atoms. The molecule has 1 saturated carbocycles. The van der Waals surface area contributed by atoms with Crippen molar-refractivity contribution in [2.75, 3.05) is 7.11 Å². The van der Waals surface area contributed by atoms with E-state index in [9.17, 15) is 0 Å². The van der Waals surface area contributed by atoms with Gasteiger partial charge in [-0.1, -0.05) is 24.3 Å². The molecule has 0 radical (unpaired) electrons. The van der Waals surface area contributed by atoms with E-state index in [4.69, 9.17) is 10.5 Å². The zero-order valence-corrected chi connectivity index (χ0v) is 10.4. The van der Waals surface area contributed by atoms with Crippen LogP contribution in [0.2, 0.25) is 0 Å². The van der Waals surface area contributed by atoms with Crippen molar-refractivity contribution in [2.45, 2.75) is 44.2 Å². The van der Waals surface area contributed by atoms with E-state index in [-0.39, 0.29) is 11.0 Å². The zero-order valence-electron chi connectivity index (χ0n) is 10.4. The minimum atomic E-state index is -0.129. The highest BCUT2D eigenvalue weighted by molar-refractivity contribution is 5.37. The highest BCUT2D eigenvalue weighted by atomic mass is 16.5. The van der Waals surface area contributed by atoms with Crippen LogP contribution in [0.1, 0.15) is 37.8 Å². The van der Waals surface area contributed by atoms with Crippen molar-refractivity contribution in [3.63, 3.8) is 0 Å². The van der Waals surface area contributed by atoms with Gasteiger partial charge in [0.15, 0.2) is 0 Å². The average molecular weight is 219 g/mol. The summed E-state index contributed by atoms with van der Waals surface area (Å²) in [4.78, 5) is 0. The zero-order chi connectivity index (χ0) is 11.8. The molecule has 0 saturated heterocycles. The van der Waals surface area contributed by atoms with Crippen LogP contribution in [-0.2, 0) is 16.8 Å². The molecule has 0 unspecified atom stereocenters. The maximum absolute atomic E-state index is 6.28. The van der Waals surface area contributed by atoms with Crippen LogP contribution in [0.25, 0.3) is 0 Å². The summed E-state index contributed by atoms with van der Waals surface area (Å²) < 4.78 is 5.11. The maximum atomic E-state index is 6.28. The molecule has 2 rings (SSSR count). The van der Waals surface area contributed by atoms with Crippen LogP contribution in [0.4, 0.5) is 0 Å². The summed E-state index contributed by atoms with van der Waals surface area (Å²) in [6.45, 7) is 4.94. The molecule has 2 heteroatoms. The van der Waals surface area contributed by atoms with Crippen LogP contribution in [-0.4, -0.2) is 12.6 Å². The predicted octanol–water partition coefficient (Wildman–Crippen LogP) is 2.60. The first-order valence-corrected chi connectivity index (χ1v) is 5.87. The Morgan fingerprint density at radius 2 is 1.81 bits per heavy atom. The molecule has 1 aromatic rings. The molecule has 0 amide bonds. The first-order valence-electron chi connectivity index (χ1n) is 5.87. The summed E-state index contributed by atoms with van der Waals surface area (Å²) in [5.74, 6) is 0. The number of hydrogen-bond donors (Lipinski definition) is 1. The summed E-state index contributed by atoms with van der Waals surface area (Å²) in [7, 11) is 1.72. The van der Waals surface area contributed by atoms with E-state index in [1.54, 1.807) is 7.11 Å². The second-order valence-corrected chi connectivity index (χ2v) is 5.43. The highest BCUT2D eigenvalue weighted by Crippen LogP contribution is 2.54. The first kappa shape index (κ1) is 11.6. The van der Waals surface area contributed by atoms with Gasteiger partial charge in [-0.3, -0.25) is 0 Å². The van der Waals surface area contributed by atoms with Gasteiger partial charge in [0, 0.05) is 18.1 Å². The summed E-state index contributed by atoms with van der Waals surface area (Å²) in [6.07, 6.45) is 2.42. The van der Waals surface area contributed by atoms with Crippen LogP contribution in [0.5, 0.6) is 0 Å². The Morgan fingerprint density at radius 1 is 1.25 bits per heavy atom. The number of hydrogen-bond acceptors (Lipinski definition) is 2. The number of nitrogens with two attached hydrogens (primary N) is 1. The number of benzene rings is 1. The Bertz CT molecular complexity index is 357. The third-order valence-corrected chi connectivity index (χ3v) is 3.80. The molecule has 0 atom stereocenters. The van der Waals surface area contributed by atoms with E-state index >= 15 is 0 Å². The number of rotatable bonds is 4. The second-order valence-electron chi connectivity index (χ2n) is 5.43. The highest BCUT2D eigenvalue weighted by Gasteiger charge is 2.53. The molecule has 0 bridgehead atoms. The van der Waals surface area contributed by atoms with Crippen molar-refractivity contribution < 1.29 is 4.74 Å². The van der Waals surface area contributed by atoms with Gasteiger partial charge < -0.3 is 10.5 Å². The molecule has 1 aliphatic rings. The van der Waals surface area contributed by atoms with E-state index in [0.717, 1.165) is 0 Å². The van der Waals surface area contributed by atoms with E-state index in [1.807, 2.05) is 0 Å². The molecule has 0 spiro atoms. The third kappa shape index (κ3) is 1.87. The largest absolute Gasteiger partial charge is 0.380 e. The van der Waals surface area contributed by atoms with Gasteiger partial charge in [0.05, 0.1) is 6.61 Å². The van der Waals surface area contributed by atoms with E-state index in [1.165, 1.54) is 24.0 Å².